The van der Waals surface area contributed by atoms with E-state index in [2.05, 4.69) is 26.8 Å². The predicted octanol–water partition coefficient (Wildman–Crippen LogP) is 3.62. The largest absolute Gasteiger partial charge is 0.486 e. The van der Waals surface area contributed by atoms with Gasteiger partial charge in [-0.1, -0.05) is 33.8 Å². The number of hydrogen-bond acceptors (Lipinski definition) is 7. The molecule has 5 aliphatic rings. The summed E-state index contributed by atoms with van der Waals surface area (Å²) in [5.74, 6) is -0.471. The number of aliphatic hydroxyl groups excluding tert-OH is 1. The lowest BCUT2D eigenvalue weighted by Crippen LogP contribution is -2.54. The molecule has 184 valence electrons. The van der Waals surface area contributed by atoms with Crippen molar-refractivity contribution in [3.8, 4) is 0 Å². The molecule has 2 fully saturated rings. The molecule has 0 aromatic heterocycles. The fraction of sp³-hybridized carbons (Fsp3) is 0.667. The third-order valence-corrected chi connectivity index (χ3v) is 9.92. The monoisotopic (exact) mass is 470 g/mol. The summed E-state index contributed by atoms with van der Waals surface area (Å²) in [6.07, 6.45) is 6.62. The number of allylic oxidation sites excluding steroid dienone is 3. The second-order valence-electron chi connectivity index (χ2n) is 11.8. The molecule has 34 heavy (non-hydrogen) atoms. The summed E-state index contributed by atoms with van der Waals surface area (Å²) < 4.78 is 16.8. The number of ketones is 1. The van der Waals surface area contributed by atoms with E-state index in [1.165, 1.54) is 13.2 Å². The van der Waals surface area contributed by atoms with Crippen LogP contribution in [-0.2, 0) is 28.6 Å². The van der Waals surface area contributed by atoms with E-state index in [0.29, 0.717) is 17.8 Å². The first-order valence-corrected chi connectivity index (χ1v) is 12.1. The van der Waals surface area contributed by atoms with Crippen molar-refractivity contribution in [3.05, 3.63) is 35.1 Å². The Hall–Kier alpha value is -2.41. The molecule has 0 bridgehead atoms. The summed E-state index contributed by atoms with van der Waals surface area (Å²) in [5, 5.41) is 9.84. The van der Waals surface area contributed by atoms with Crippen LogP contribution in [0.2, 0.25) is 0 Å². The first-order valence-electron chi connectivity index (χ1n) is 12.1. The lowest BCUT2D eigenvalue weighted by atomic mass is 9.47. The SMILES string of the molecule is COC(=O)CC1C(C)(C)C(=O)C=C2OC3(C)C4=CCC(C5=CC(O)OC5=O)C4(C)CCC3C21C. The van der Waals surface area contributed by atoms with Crippen LogP contribution < -0.4 is 0 Å². The van der Waals surface area contributed by atoms with Gasteiger partial charge in [-0.15, -0.1) is 0 Å². The van der Waals surface area contributed by atoms with Crippen LogP contribution in [0, 0.1) is 34.0 Å². The lowest BCUT2D eigenvalue weighted by molar-refractivity contribution is -0.152. The Morgan fingerprint density at radius 2 is 1.91 bits per heavy atom. The molecule has 7 unspecified atom stereocenters. The molecule has 7 atom stereocenters. The molecule has 1 saturated carbocycles. The Morgan fingerprint density at radius 1 is 1.21 bits per heavy atom. The molecule has 1 N–H and O–H groups in total. The second kappa shape index (κ2) is 7.06. The van der Waals surface area contributed by atoms with Gasteiger partial charge in [0, 0.05) is 34.3 Å². The minimum atomic E-state index is -1.19. The zero-order chi connectivity index (χ0) is 24.8. The van der Waals surface area contributed by atoms with E-state index in [4.69, 9.17) is 14.2 Å². The topological polar surface area (TPSA) is 99.1 Å². The van der Waals surface area contributed by atoms with Crippen LogP contribution in [0.15, 0.2) is 35.1 Å². The predicted molar refractivity (Wildman–Crippen MR) is 122 cm³/mol. The van der Waals surface area contributed by atoms with E-state index in [0.717, 1.165) is 18.4 Å². The highest BCUT2D eigenvalue weighted by Crippen LogP contribution is 2.71. The van der Waals surface area contributed by atoms with Crippen molar-refractivity contribution in [2.45, 2.75) is 72.2 Å². The van der Waals surface area contributed by atoms with Crippen LogP contribution in [0.1, 0.15) is 60.3 Å². The van der Waals surface area contributed by atoms with Crippen molar-refractivity contribution in [3.63, 3.8) is 0 Å². The van der Waals surface area contributed by atoms with Gasteiger partial charge in [-0.2, -0.15) is 0 Å². The van der Waals surface area contributed by atoms with E-state index in [9.17, 15) is 19.5 Å². The van der Waals surface area contributed by atoms with Crippen LogP contribution in [0.3, 0.4) is 0 Å². The maximum Gasteiger partial charge on any atom is 0.336 e. The molecular formula is C27H34O7. The van der Waals surface area contributed by atoms with E-state index >= 15 is 0 Å². The zero-order valence-electron chi connectivity index (χ0n) is 20.8. The average molecular weight is 471 g/mol. The molecule has 0 aromatic carbocycles. The zero-order valence-corrected chi connectivity index (χ0v) is 20.8. The highest BCUT2D eigenvalue weighted by atomic mass is 16.6. The molecule has 5 rings (SSSR count). The van der Waals surface area contributed by atoms with Crippen molar-refractivity contribution in [1.82, 2.24) is 0 Å². The quantitative estimate of drug-likeness (QED) is 0.497. The van der Waals surface area contributed by atoms with Crippen molar-refractivity contribution in [2.75, 3.05) is 7.11 Å². The van der Waals surface area contributed by atoms with Gasteiger partial charge in [-0.3, -0.25) is 9.59 Å². The number of methoxy groups -OCH3 is 1. The lowest BCUT2D eigenvalue weighted by Gasteiger charge is -2.53. The van der Waals surface area contributed by atoms with Crippen LogP contribution in [0.4, 0.5) is 0 Å². The summed E-state index contributed by atoms with van der Waals surface area (Å²) in [6.45, 7) is 10.2. The number of hydrogen-bond donors (Lipinski definition) is 1. The second-order valence-corrected chi connectivity index (χ2v) is 11.8. The number of cyclic esters (lactones) is 1. The first-order chi connectivity index (χ1) is 15.8. The molecule has 3 aliphatic carbocycles. The Kier molecular flexibility index (Phi) is 4.85. The fourth-order valence-corrected chi connectivity index (χ4v) is 8.12. The van der Waals surface area contributed by atoms with Crippen molar-refractivity contribution < 1.29 is 33.7 Å². The van der Waals surface area contributed by atoms with Gasteiger partial charge in [-0.25, -0.2) is 4.79 Å². The highest BCUT2D eigenvalue weighted by Gasteiger charge is 2.70. The molecule has 1 saturated heterocycles. The average Bonchev–Trinajstić information content (AvgIpc) is 3.34. The van der Waals surface area contributed by atoms with Gasteiger partial charge in [0.15, 0.2) is 5.78 Å². The molecule has 2 aliphatic heterocycles. The number of carbonyl (C=O) groups is 3. The van der Waals surface area contributed by atoms with Gasteiger partial charge in [0.2, 0.25) is 6.29 Å². The Labute approximate surface area is 200 Å². The van der Waals surface area contributed by atoms with E-state index < -0.39 is 28.7 Å². The van der Waals surface area contributed by atoms with E-state index in [-0.39, 0.29) is 41.3 Å². The van der Waals surface area contributed by atoms with Crippen LogP contribution in [0.5, 0.6) is 0 Å². The molecule has 0 radical (unpaired) electrons. The minimum Gasteiger partial charge on any atom is -0.486 e. The Balaban J connectivity index is 1.57. The smallest absolute Gasteiger partial charge is 0.336 e. The number of carbonyl (C=O) groups excluding carboxylic acids is 3. The van der Waals surface area contributed by atoms with Crippen LogP contribution in [-0.4, -0.2) is 41.8 Å². The Bertz CT molecular complexity index is 1080. The normalized spacial score (nSPS) is 44.1. The van der Waals surface area contributed by atoms with Gasteiger partial charge < -0.3 is 19.3 Å². The number of aliphatic hydroxyl groups is 1. The van der Waals surface area contributed by atoms with Crippen molar-refractivity contribution in [2.24, 2.45) is 34.0 Å². The number of esters is 2. The number of fused-ring (bicyclic) bond motifs is 5. The van der Waals surface area contributed by atoms with Crippen LogP contribution >= 0.6 is 0 Å². The van der Waals surface area contributed by atoms with Gasteiger partial charge >= 0.3 is 11.9 Å². The van der Waals surface area contributed by atoms with E-state index in [1.54, 1.807) is 6.08 Å². The minimum absolute atomic E-state index is 0.0370. The summed E-state index contributed by atoms with van der Waals surface area (Å²) in [4.78, 5) is 38.1. The maximum atomic E-state index is 13.2. The molecule has 7 heteroatoms. The number of rotatable bonds is 3. The third-order valence-electron chi connectivity index (χ3n) is 9.92. The van der Waals surface area contributed by atoms with Crippen molar-refractivity contribution in [1.29, 1.82) is 0 Å². The van der Waals surface area contributed by atoms with Gasteiger partial charge in [0.1, 0.15) is 11.4 Å². The first kappa shape index (κ1) is 23.3. The van der Waals surface area contributed by atoms with E-state index in [1.807, 2.05) is 13.8 Å². The summed E-state index contributed by atoms with van der Waals surface area (Å²) in [5.41, 5.74) is -0.578. The molecule has 2 heterocycles. The molecule has 0 amide bonds. The molecule has 7 nitrogen and oxygen atoms in total. The molecule has 0 aromatic rings. The Morgan fingerprint density at radius 3 is 2.53 bits per heavy atom. The highest BCUT2D eigenvalue weighted by molar-refractivity contribution is 5.97. The maximum absolute atomic E-state index is 13.2. The molecular weight excluding hydrogens is 436 g/mol. The standard InChI is InChI=1S/C27H34O7/c1-24(2)18(12-21(29)32-6)26(4)17-9-10-25(3)15(14-11-22(30)33-23(14)31)7-8-16(25)27(17,5)34-20(26)13-19(24)28/h8,11,13,15,17-18,22,30H,7,9-10,12H2,1-6H3. The third kappa shape index (κ3) is 2.76. The molecule has 0 spiro atoms. The number of ether oxygens (including phenoxy) is 3. The summed E-state index contributed by atoms with van der Waals surface area (Å²) in [7, 11) is 1.38. The summed E-state index contributed by atoms with van der Waals surface area (Å²) in [6, 6.07) is 0. The van der Waals surface area contributed by atoms with Crippen LogP contribution in [0.25, 0.3) is 0 Å². The fourth-order valence-electron chi connectivity index (χ4n) is 8.12. The summed E-state index contributed by atoms with van der Waals surface area (Å²) >= 11 is 0. The van der Waals surface area contributed by atoms with Gasteiger partial charge in [0.25, 0.3) is 0 Å². The van der Waals surface area contributed by atoms with Gasteiger partial charge in [0.05, 0.1) is 13.5 Å². The van der Waals surface area contributed by atoms with Crippen molar-refractivity contribution >= 4 is 17.7 Å². The van der Waals surface area contributed by atoms with Gasteiger partial charge in [-0.05, 0) is 49.2 Å².